The molecule has 0 aliphatic heterocycles. The van der Waals surface area contributed by atoms with Gasteiger partial charge in [0.25, 0.3) is 6.43 Å². The van der Waals surface area contributed by atoms with Gasteiger partial charge >= 0.3 is 0 Å². The largest absolute Gasteiger partial charge is 0.280 e. The molecule has 0 aromatic carbocycles. The molecule has 0 saturated carbocycles. The Kier molecular flexibility index (Phi) is 3.62. The number of hydrogen-bond donors (Lipinski definition) is 0. The van der Waals surface area contributed by atoms with Crippen molar-refractivity contribution in [2.75, 3.05) is 0 Å². The first-order valence-electron chi connectivity index (χ1n) is 3.56. The zero-order valence-electron chi connectivity index (χ0n) is 6.82. The van der Waals surface area contributed by atoms with Gasteiger partial charge in [-0.3, -0.25) is 4.98 Å². The molecule has 0 unspecified atom stereocenters. The fourth-order valence-corrected chi connectivity index (χ4v) is 2.14. The second-order valence-corrected chi connectivity index (χ2v) is 3.50. The molecule has 13 heavy (non-hydrogen) atoms. The van der Waals surface area contributed by atoms with E-state index in [1.165, 1.54) is 6.07 Å². The summed E-state index contributed by atoms with van der Waals surface area (Å²) in [6.07, 6.45) is -2.57. The van der Waals surface area contributed by atoms with E-state index in [0.29, 0.717) is 16.0 Å². The lowest BCUT2D eigenvalue weighted by Gasteiger charge is -2.07. The van der Waals surface area contributed by atoms with Crippen LogP contribution < -0.4 is 0 Å². The van der Waals surface area contributed by atoms with Gasteiger partial charge in [-0.05, 0) is 13.0 Å². The molecule has 0 bridgehead atoms. The van der Waals surface area contributed by atoms with Crippen molar-refractivity contribution >= 4 is 27.5 Å². The van der Waals surface area contributed by atoms with E-state index in [2.05, 4.69) is 20.9 Å². The second kappa shape index (κ2) is 4.33. The maximum atomic E-state index is 12.2. The lowest BCUT2D eigenvalue weighted by molar-refractivity contribution is 0.146. The highest BCUT2D eigenvalue weighted by molar-refractivity contribution is 9.08. The van der Waals surface area contributed by atoms with Crippen molar-refractivity contribution in [2.45, 2.75) is 18.7 Å². The molecule has 5 heteroatoms. The molecule has 0 fully saturated rings. The van der Waals surface area contributed by atoms with E-state index in [1.807, 2.05) is 0 Å². The Bertz CT molecular complexity index is 294. The number of aromatic nitrogens is 1. The maximum absolute atomic E-state index is 12.2. The van der Waals surface area contributed by atoms with Crippen LogP contribution in [0.25, 0.3) is 0 Å². The van der Waals surface area contributed by atoms with Crippen molar-refractivity contribution in [1.82, 2.24) is 4.98 Å². The van der Waals surface area contributed by atoms with Crippen LogP contribution in [0.15, 0.2) is 6.07 Å². The van der Waals surface area contributed by atoms with Gasteiger partial charge in [0.05, 0.1) is 0 Å². The molecule has 1 aromatic rings. The highest BCUT2D eigenvalue weighted by atomic mass is 79.9. The zero-order valence-corrected chi connectivity index (χ0v) is 9.16. The summed E-state index contributed by atoms with van der Waals surface area (Å²) in [6.45, 7) is 1.66. The zero-order chi connectivity index (χ0) is 10.0. The van der Waals surface area contributed by atoms with Gasteiger partial charge in [-0.1, -0.05) is 27.5 Å². The summed E-state index contributed by atoms with van der Waals surface area (Å²) in [5.74, 6) is 0. The maximum Gasteiger partial charge on any atom is 0.280 e. The first-order chi connectivity index (χ1) is 6.06. The molecule has 0 aliphatic rings. The third-order valence-electron chi connectivity index (χ3n) is 1.65. The lowest BCUT2D eigenvalue weighted by atomic mass is 10.2. The summed E-state index contributed by atoms with van der Waals surface area (Å²) in [4.78, 5) is 3.74. The van der Waals surface area contributed by atoms with Crippen LogP contribution in [0.2, 0.25) is 5.02 Å². The number of hydrogen-bond acceptors (Lipinski definition) is 1. The minimum atomic E-state index is -2.57. The van der Waals surface area contributed by atoms with Crippen molar-refractivity contribution in [1.29, 1.82) is 0 Å². The average molecular weight is 271 g/mol. The summed E-state index contributed by atoms with van der Waals surface area (Å²) < 4.78 is 24.5. The normalized spacial score (nSPS) is 10.9. The van der Waals surface area contributed by atoms with E-state index >= 15 is 0 Å². The first-order valence-corrected chi connectivity index (χ1v) is 5.06. The monoisotopic (exact) mass is 269 g/mol. The van der Waals surface area contributed by atoms with Crippen molar-refractivity contribution in [2.24, 2.45) is 0 Å². The van der Waals surface area contributed by atoms with Crippen LogP contribution in [0, 0.1) is 6.92 Å². The summed E-state index contributed by atoms with van der Waals surface area (Å²) in [5, 5.41) is 0.855. The van der Waals surface area contributed by atoms with E-state index in [9.17, 15) is 8.78 Å². The predicted octanol–water partition coefficient (Wildman–Crippen LogP) is 3.88. The molecule has 0 aliphatic carbocycles. The quantitative estimate of drug-likeness (QED) is 0.743. The van der Waals surface area contributed by atoms with Crippen LogP contribution in [0.1, 0.15) is 23.4 Å². The van der Waals surface area contributed by atoms with Crippen LogP contribution in [0.4, 0.5) is 8.78 Å². The third-order valence-corrected chi connectivity index (χ3v) is 2.55. The van der Waals surface area contributed by atoms with E-state index in [0.717, 1.165) is 5.56 Å². The van der Waals surface area contributed by atoms with Crippen molar-refractivity contribution in [3.63, 3.8) is 0 Å². The Balaban J connectivity index is 3.20. The molecule has 1 rings (SSSR count). The first kappa shape index (κ1) is 10.9. The van der Waals surface area contributed by atoms with Crippen LogP contribution in [0.3, 0.4) is 0 Å². The van der Waals surface area contributed by atoms with E-state index < -0.39 is 6.43 Å². The fraction of sp³-hybridized carbons (Fsp3) is 0.375. The van der Waals surface area contributed by atoms with Gasteiger partial charge in [-0.15, -0.1) is 0 Å². The molecular weight excluding hydrogens is 263 g/mol. The Labute approximate surface area is 88.2 Å². The molecular formula is C8H7BrClF2N. The van der Waals surface area contributed by atoms with Gasteiger partial charge in [0.1, 0.15) is 5.69 Å². The Hall–Kier alpha value is -0.220. The van der Waals surface area contributed by atoms with Gasteiger partial charge in [0.2, 0.25) is 0 Å². The average Bonchev–Trinajstić information content (AvgIpc) is 2.03. The number of rotatable bonds is 2. The van der Waals surface area contributed by atoms with Gasteiger partial charge < -0.3 is 0 Å². The minimum absolute atomic E-state index is 0.271. The van der Waals surface area contributed by atoms with Crippen molar-refractivity contribution < 1.29 is 8.78 Å². The number of alkyl halides is 3. The molecule has 1 heterocycles. The number of halogens is 4. The molecule has 1 nitrogen and oxygen atoms in total. The van der Waals surface area contributed by atoms with Crippen molar-refractivity contribution in [3.8, 4) is 0 Å². The van der Waals surface area contributed by atoms with Gasteiger partial charge in [-0.25, -0.2) is 8.78 Å². The summed E-state index contributed by atoms with van der Waals surface area (Å²) in [7, 11) is 0. The summed E-state index contributed by atoms with van der Waals surface area (Å²) in [6, 6.07) is 1.20. The van der Waals surface area contributed by atoms with E-state index in [1.54, 1.807) is 6.92 Å². The minimum Gasteiger partial charge on any atom is -0.252 e. The molecule has 0 spiro atoms. The molecule has 0 N–H and O–H groups in total. The topological polar surface area (TPSA) is 12.9 Å². The smallest absolute Gasteiger partial charge is 0.252 e. The van der Waals surface area contributed by atoms with Crippen LogP contribution in [-0.2, 0) is 5.33 Å². The van der Waals surface area contributed by atoms with Crippen molar-refractivity contribution in [3.05, 3.63) is 28.0 Å². The Morgan fingerprint density at radius 3 is 2.62 bits per heavy atom. The molecule has 0 amide bonds. The Morgan fingerprint density at radius 2 is 2.23 bits per heavy atom. The summed E-state index contributed by atoms with van der Waals surface area (Å²) >= 11 is 8.98. The number of nitrogens with zero attached hydrogens (tertiary/aromatic N) is 1. The molecule has 0 radical (unpaired) electrons. The highest BCUT2D eigenvalue weighted by Gasteiger charge is 2.13. The third kappa shape index (κ3) is 2.38. The number of pyridine rings is 1. The molecule has 0 atom stereocenters. The second-order valence-electron chi connectivity index (χ2n) is 2.53. The van der Waals surface area contributed by atoms with E-state index in [-0.39, 0.29) is 5.69 Å². The predicted molar refractivity (Wildman–Crippen MR) is 51.6 cm³/mol. The standard InChI is InChI=1S/C8H7BrClF2N/c1-4-5(3-9)6(10)2-7(13-4)8(11)12/h2,8H,3H2,1H3. The molecule has 0 saturated heterocycles. The highest BCUT2D eigenvalue weighted by Crippen LogP contribution is 2.26. The van der Waals surface area contributed by atoms with Gasteiger partial charge in [0.15, 0.2) is 0 Å². The van der Waals surface area contributed by atoms with Crippen LogP contribution in [-0.4, -0.2) is 4.98 Å². The number of aryl methyl sites for hydroxylation is 1. The molecule has 72 valence electrons. The SMILES string of the molecule is Cc1nc(C(F)F)cc(Cl)c1CBr. The van der Waals surface area contributed by atoms with Crippen LogP contribution in [0.5, 0.6) is 0 Å². The van der Waals surface area contributed by atoms with Crippen LogP contribution >= 0.6 is 27.5 Å². The van der Waals surface area contributed by atoms with E-state index in [4.69, 9.17) is 11.6 Å². The Morgan fingerprint density at radius 1 is 1.62 bits per heavy atom. The summed E-state index contributed by atoms with van der Waals surface area (Å²) in [5.41, 5.74) is 1.03. The fourth-order valence-electron chi connectivity index (χ4n) is 0.955. The lowest BCUT2D eigenvalue weighted by Crippen LogP contribution is -1.97. The van der Waals surface area contributed by atoms with Gasteiger partial charge in [0, 0.05) is 21.6 Å². The molecule has 1 aromatic heterocycles. The van der Waals surface area contributed by atoms with Gasteiger partial charge in [-0.2, -0.15) is 0 Å².